The summed E-state index contributed by atoms with van der Waals surface area (Å²) in [4.78, 5) is 11.6. The quantitative estimate of drug-likeness (QED) is 0.534. The van der Waals surface area contributed by atoms with Crippen LogP contribution in [0.2, 0.25) is 0 Å². The Morgan fingerprint density at radius 1 is 1.35 bits per heavy atom. The minimum Gasteiger partial charge on any atom is -0.487 e. The van der Waals surface area contributed by atoms with Crippen molar-refractivity contribution < 1.29 is 14.3 Å². The van der Waals surface area contributed by atoms with Crippen molar-refractivity contribution >= 4 is 11.6 Å². The fraction of sp³-hybridized carbons (Fsp3) is 0.400. The van der Waals surface area contributed by atoms with Crippen LogP contribution in [0.4, 0.5) is 5.69 Å². The Labute approximate surface area is 120 Å². The van der Waals surface area contributed by atoms with Crippen molar-refractivity contribution in [1.82, 2.24) is 5.32 Å². The predicted octanol–water partition coefficient (Wildman–Crippen LogP) is 1.82. The highest BCUT2D eigenvalue weighted by atomic mass is 16.5. The Balaban J connectivity index is 2.46. The number of ether oxygens (including phenoxy) is 2. The largest absolute Gasteiger partial charge is 0.487 e. The number of rotatable bonds is 9. The zero-order chi connectivity index (χ0) is 14.8. The summed E-state index contributed by atoms with van der Waals surface area (Å²) < 4.78 is 10.5. The molecule has 0 saturated carbocycles. The van der Waals surface area contributed by atoms with Crippen LogP contribution in [0.25, 0.3) is 0 Å². The lowest BCUT2D eigenvalue weighted by atomic mass is 10.3. The number of carbonyl (C=O) groups excluding carboxylic acids is 1. The summed E-state index contributed by atoms with van der Waals surface area (Å²) in [6, 6.07) is 7.50. The standard InChI is InChI=1S/C15H22N2O3/c1-12(2)11-20-14-7-5-4-6-13(14)17-10-15(18)16-8-9-19-3/h4-7,17H,1,8-11H2,2-3H3,(H,16,18). The second-order valence-corrected chi connectivity index (χ2v) is 4.44. The van der Waals surface area contributed by atoms with Crippen LogP contribution in [0.3, 0.4) is 0 Å². The summed E-state index contributed by atoms with van der Waals surface area (Å²) in [5.41, 5.74) is 1.73. The van der Waals surface area contributed by atoms with Gasteiger partial charge in [0.15, 0.2) is 0 Å². The normalized spacial score (nSPS) is 9.90. The van der Waals surface area contributed by atoms with E-state index in [1.54, 1.807) is 7.11 Å². The fourth-order valence-electron chi connectivity index (χ4n) is 1.47. The minimum absolute atomic E-state index is 0.0863. The van der Waals surface area contributed by atoms with Gasteiger partial charge in [-0.2, -0.15) is 0 Å². The molecule has 0 spiro atoms. The molecule has 110 valence electrons. The molecule has 0 aliphatic carbocycles. The van der Waals surface area contributed by atoms with E-state index in [9.17, 15) is 4.79 Å². The number of nitrogens with one attached hydrogen (secondary N) is 2. The summed E-state index contributed by atoms with van der Waals surface area (Å²) >= 11 is 0. The number of carbonyl (C=O) groups is 1. The lowest BCUT2D eigenvalue weighted by Crippen LogP contribution is -2.32. The van der Waals surface area contributed by atoms with E-state index in [2.05, 4.69) is 17.2 Å². The van der Waals surface area contributed by atoms with Gasteiger partial charge in [0.05, 0.1) is 18.8 Å². The highest BCUT2D eigenvalue weighted by Gasteiger charge is 2.05. The van der Waals surface area contributed by atoms with E-state index in [1.807, 2.05) is 31.2 Å². The van der Waals surface area contributed by atoms with Crippen LogP contribution in [0.5, 0.6) is 5.75 Å². The van der Waals surface area contributed by atoms with Gasteiger partial charge in [0.1, 0.15) is 12.4 Å². The first-order chi connectivity index (χ1) is 9.63. The third-order valence-corrected chi connectivity index (χ3v) is 2.43. The molecule has 2 N–H and O–H groups in total. The molecule has 0 fully saturated rings. The van der Waals surface area contributed by atoms with E-state index in [1.165, 1.54) is 0 Å². The molecule has 0 radical (unpaired) electrons. The van der Waals surface area contributed by atoms with E-state index in [-0.39, 0.29) is 12.5 Å². The van der Waals surface area contributed by atoms with Gasteiger partial charge in [-0.15, -0.1) is 0 Å². The first kappa shape index (κ1) is 16.0. The van der Waals surface area contributed by atoms with Gasteiger partial charge in [0, 0.05) is 13.7 Å². The number of hydrogen-bond donors (Lipinski definition) is 2. The molecule has 5 heteroatoms. The molecule has 0 bridgehead atoms. The fourth-order valence-corrected chi connectivity index (χ4v) is 1.47. The average molecular weight is 278 g/mol. The Hall–Kier alpha value is -2.01. The van der Waals surface area contributed by atoms with Crippen LogP contribution in [0.15, 0.2) is 36.4 Å². The molecule has 5 nitrogen and oxygen atoms in total. The van der Waals surface area contributed by atoms with Crippen LogP contribution >= 0.6 is 0 Å². The molecule has 1 aromatic carbocycles. The van der Waals surface area contributed by atoms with Gasteiger partial charge >= 0.3 is 0 Å². The van der Waals surface area contributed by atoms with Crippen LogP contribution in [0.1, 0.15) is 6.92 Å². The number of para-hydroxylation sites is 2. The average Bonchev–Trinajstić information content (AvgIpc) is 2.44. The molecule has 0 heterocycles. The molecule has 0 aliphatic heterocycles. The molecule has 0 saturated heterocycles. The highest BCUT2D eigenvalue weighted by molar-refractivity contribution is 5.81. The SMILES string of the molecule is C=C(C)COc1ccccc1NCC(=O)NCCOC. The van der Waals surface area contributed by atoms with Crippen LogP contribution in [-0.4, -0.2) is 39.3 Å². The third-order valence-electron chi connectivity index (χ3n) is 2.43. The predicted molar refractivity (Wildman–Crippen MR) is 80.1 cm³/mol. The molecule has 1 aromatic rings. The minimum atomic E-state index is -0.0863. The maximum Gasteiger partial charge on any atom is 0.239 e. The maximum absolute atomic E-state index is 11.6. The van der Waals surface area contributed by atoms with Gasteiger partial charge in [-0.25, -0.2) is 0 Å². The van der Waals surface area contributed by atoms with E-state index in [0.717, 1.165) is 11.3 Å². The Morgan fingerprint density at radius 2 is 2.10 bits per heavy atom. The lowest BCUT2D eigenvalue weighted by Gasteiger charge is -2.13. The number of anilines is 1. The van der Waals surface area contributed by atoms with Crippen molar-refractivity contribution in [2.24, 2.45) is 0 Å². The van der Waals surface area contributed by atoms with Crippen molar-refractivity contribution in [3.05, 3.63) is 36.4 Å². The summed E-state index contributed by atoms with van der Waals surface area (Å²) in [6.07, 6.45) is 0. The zero-order valence-electron chi connectivity index (χ0n) is 12.1. The molecule has 0 atom stereocenters. The molecular weight excluding hydrogens is 256 g/mol. The van der Waals surface area contributed by atoms with Gasteiger partial charge < -0.3 is 20.1 Å². The molecule has 0 aliphatic rings. The first-order valence-electron chi connectivity index (χ1n) is 6.49. The Morgan fingerprint density at radius 3 is 2.80 bits per heavy atom. The first-order valence-corrected chi connectivity index (χ1v) is 6.49. The van der Waals surface area contributed by atoms with Crippen molar-refractivity contribution in [3.63, 3.8) is 0 Å². The summed E-state index contributed by atoms with van der Waals surface area (Å²) in [6.45, 7) is 7.35. The topological polar surface area (TPSA) is 59.6 Å². The monoisotopic (exact) mass is 278 g/mol. The molecule has 1 rings (SSSR count). The third kappa shape index (κ3) is 6.24. The van der Waals surface area contributed by atoms with Crippen LogP contribution in [-0.2, 0) is 9.53 Å². The van der Waals surface area contributed by atoms with E-state index < -0.39 is 0 Å². The van der Waals surface area contributed by atoms with E-state index in [0.29, 0.717) is 25.5 Å². The summed E-state index contributed by atoms with van der Waals surface area (Å²) in [5, 5.41) is 5.80. The Kier molecular flexibility index (Phi) is 7.21. The van der Waals surface area contributed by atoms with Gasteiger partial charge in [0.2, 0.25) is 5.91 Å². The highest BCUT2D eigenvalue weighted by Crippen LogP contribution is 2.23. The smallest absolute Gasteiger partial charge is 0.239 e. The Bertz CT molecular complexity index is 446. The van der Waals surface area contributed by atoms with Gasteiger partial charge in [-0.3, -0.25) is 4.79 Å². The number of amides is 1. The summed E-state index contributed by atoms with van der Waals surface area (Å²) in [7, 11) is 1.60. The molecule has 20 heavy (non-hydrogen) atoms. The second kappa shape index (κ2) is 8.98. The van der Waals surface area contributed by atoms with E-state index in [4.69, 9.17) is 9.47 Å². The second-order valence-electron chi connectivity index (χ2n) is 4.44. The molecule has 0 unspecified atom stereocenters. The zero-order valence-corrected chi connectivity index (χ0v) is 12.1. The van der Waals surface area contributed by atoms with Crippen molar-refractivity contribution in [2.45, 2.75) is 6.92 Å². The van der Waals surface area contributed by atoms with Crippen molar-refractivity contribution in [1.29, 1.82) is 0 Å². The maximum atomic E-state index is 11.6. The van der Waals surface area contributed by atoms with E-state index >= 15 is 0 Å². The molecule has 1 amide bonds. The van der Waals surface area contributed by atoms with Gasteiger partial charge in [0.25, 0.3) is 0 Å². The summed E-state index contributed by atoms with van der Waals surface area (Å²) in [5.74, 6) is 0.622. The van der Waals surface area contributed by atoms with Crippen molar-refractivity contribution in [3.8, 4) is 5.75 Å². The van der Waals surface area contributed by atoms with Crippen LogP contribution < -0.4 is 15.4 Å². The van der Waals surface area contributed by atoms with Gasteiger partial charge in [-0.05, 0) is 24.6 Å². The van der Waals surface area contributed by atoms with Gasteiger partial charge in [-0.1, -0.05) is 18.7 Å². The number of methoxy groups -OCH3 is 1. The van der Waals surface area contributed by atoms with Crippen molar-refractivity contribution in [2.75, 3.05) is 38.7 Å². The van der Waals surface area contributed by atoms with Crippen LogP contribution in [0, 0.1) is 0 Å². The molecule has 0 aromatic heterocycles. The number of benzene rings is 1. The lowest BCUT2D eigenvalue weighted by molar-refractivity contribution is -0.119. The number of hydrogen-bond acceptors (Lipinski definition) is 4. The molecular formula is C15H22N2O3.